The molecule has 2 N–H and O–H groups in total. The molecule has 1 heterocycles. The SMILES string of the molecule is CN1CCC/C(=N\O)C(O)CCC1. The van der Waals surface area contributed by atoms with Gasteiger partial charge in [0.2, 0.25) is 0 Å². The number of hydrogen-bond donors (Lipinski definition) is 2. The monoisotopic (exact) mass is 186 g/mol. The molecule has 1 atom stereocenters. The molecule has 0 aromatic rings. The molecule has 0 radical (unpaired) electrons. The molecule has 0 bridgehead atoms. The zero-order valence-electron chi connectivity index (χ0n) is 8.11. The Morgan fingerprint density at radius 2 is 2.08 bits per heavy atom. The largest absolute Gasteiger partial charge is 0.411 e. The summed E-state index contributed by atoms with van der Waals surface area (Å²) in [4.78, 5) is 2.24. The van der Waals surface area contributed by atoms with Gasteiger partial charge in [-0.05, 0) is 45.8 Å². The van der Waals surface area contributed by atoms with Crippen LogP contribution in [0.2, 0.25) is 0 Å². The molecule has 0 spiro atoms. The van der Waals surface area contributed by atoms with E-state index in [1.165, 1.54) is 0 Å². The third-order valence-electron chi connectivity index (χ3n) is 2.50. The molecule has 0 aromatic carbocycles. The maximum atomic E-state index is 9.58. The molecule has 0 saturated carbocycles. The molecule has 4 heteroatoms. The second-order valence-electron chi connectivity index (χ2n) is 3.66. The Labute approximate surface area is 78.9 Å². The van der Waals surface area contributed by atoms with E-state index in [1.54, 1.807) is 0 Å². The van der Waals surface area contributed by atoms with Crippen molar-refractivity contribution >= 4 is 5.71 Å². The van der Waals surface area contributed by atoms with Crippen molar-refractivity contribution < 1.29 is 10.3 Å². The van der Waals surface area contributed by atoms with Crippen molar-refractivity contribution in [3.8, 4) is 0 Å². The van der Waals surface area contributed by atoms with Crippen molar-refractivity contribution in [3.05, 3.63) is 0 Å². The lowest BCUT2D eigenvalue weighted by Crippen LogP contribution is -2.20. The topological polar surface area (TPSA) is 56.1 Å². The highest BCUT2D eigenvalue weighted by Crippen LogP contribution is 2.09. The Bertz CT molecular complexity index is 182. The van der Waals surface area contributed by atoms with Crippen LogP contribution in [0.3, 0.4) is 0 Å². The summed E-state index contributed by atoms with van der Waals surface area (Å²) >= 11 is 0. The highest BCUT2D eigenvalue weighted by atomic mass is 16.4. The average Bonchev–Trinajstić information content (AvgIpc) is 2.18. The van der Waals surface area contributed by atoms with Gasteiger partial charge in [-0.3, -0.25) is 0 Å². The molecule has 1 unspecified atom stereocenters. The smallest absolute Gasteiger partial charge is 0.0954 e. The van der Waals surface area contributed by atoms with Crippen molar-refractivity contribution in [3.63, 3.8) is 0 Å². The van der Waals surface area contributed by atoms with E-state index in [9.17, 15) is 5.11 Å². The van der Waals surface area contributed by atoms with Crippen molar-refractivity contribution in [2.24, 2.45) is 5.16 Å². The van der Waals surface area contributed by atoms with Crippen molar-refractivity contribution in [2.75, 3.05) is 20.1 Å². The van der Waals surface area contributed by atoms with Crippen LogP contribution in [0.5, 0.6) is 0 Å². The third kappa shape index (κ3) is 3.32. The first-order valence-corrected chi connectivity index (χ1v) is 4.81. The predicted octanol–water partition coefficient (Wildman–Crippen LogP) is 0.683. The van der Waals surface area contributed by atoms with Crippen molar-refractivity contribution in [1.29, 1.82) is 0 Å². The fourth-order valence-electron chi connectivity index (χ4n) is 1.65. The molecule has 1 saturated heterocycles. The number of rotatable bonds is 0. The van der Waals surface area contributed by atoms with E-state index < -0.39 is 6.10 Å². The number of nitrogens with zero attached hydrogens (tertiary/aromatic N) is 2. The van der Waals surface area contributed by atoms with Gasteiger partial charge in [-0.15, -0.1) is 0 Å². The first-order chi connectivity index (χ1) is 6.24. The van der Waals surface area contributed by atoms with Gasteiger partial charge in [0.05, 0.1) is 11.8 Å². The summed E-state index contributed by atoms with van der Waals surface area (Å²) in [5.41, 5.74) is 0.537. The maximum Gasteiger partial charge on any atom is 0.0954 e. The van der Waals surface area contributed by atoms with Crippen molar-refractivity contribution in [2.45, 2.75) is 31.8 Å². The van der Waals surface area contributed by atoms with E-state index in [0.29, 0.717) is 18.6 Å². The minimum absolute atomic E-state index is 0.537. The fourth-order valence-corrected chi connectivity index (χ4v) is 1.65. The second-order valence-corrected chi connectivity index (χ2v) is 3.66. The third-order valence-corrected chi connectivity index (χ3v) is 2.50. The average molecular weight is 186 g/mol. The molecule has 1 fully saturated rings. The molecular weight excluding hydrogens is 168 g/mol. The van der Waals surface area contributed by atoms with E-state index in [4.69, 9.17) is 5.21 Å². The Kier molecular flexibility index (Phi) is 4.18. The van der Waals surface area contributed by atoms with Gasteiger partial charge in [0.15, 0.2) is 0 Å². The molecule has 1 aliphatic rings. The Morgan fingerprint density at radius 3 is 2.77 bits per heavy atom. The zero-order chi connectivity index (χ0) is 9.68. The number of oxime groups is 1. The van der Waals surface area contributed by atoms with Gasteiger partial charge in [0.25, 0.3) is 0 Å². The molecule has 4 nitrogen and oxygen atoms in total. The van der Waals surface area contributed by atoms with Crippen LogP contribution in [0.25, 0.3) is 0 Å². The summed E-state index contributed by atoms with van der Waals surface area (Å²) in [6.07, 6.45) is 2.76. The summed E-state index contributed by atoms with van der Waals surface area (Å²) in [7, 11) is 2.08. The molecule has 1 aliphatic heterocycles. The van der Waals surface area contributed by atoms with Crippen LogP contribution < -0.4 is 0 Å². The summed E-state index contributed by atoms with van der Waals surface area (Å²) in [6.45, 7) is 2.02. The maximum absolute atomic E-state index is 9.58. The Hall–Kier alpha value is -0.610. The van der Waals surface area contributed by atoms with E-state index in [1.807, 2.05) is 0 Å². The van der Waals surface area contributed by atoms with E-state index in [-0.39, 0.29) is 0 Å². The quantitative estimate of drug-likeness (QED) is 0.432. The lowest BCUT2D eigenvalue weighted by Gasteiger charge is -2.13. The predicted molar refractivity (Wildman–Crippen MR) is 51.2 cm³/mol. The highest BCUT2D eigenvalue weighted by Gasteiger charge is 2.15. The van der Waals surface area contributed by atoms with Gasteiger partial charge in [-0.25, -0.2) is 0 Å². The van der Waals surface area contributed by atoms with E-state index >= 15 is 0 Å². The van der Waals surface area contributed by atoms with Gasteiger partial charge in [-0.1, -0.05) is 5.16 Å². The number of aliphatic hydroxyl groups excluding tert-OH is 1. The summed E-state index contributed by atoms with van der Waals surface area (Å²) in [5.74, 6) is 0. The fraction of sp³-hybridized carbons (Fsp3) is 0.889. The van der Waals surface area contributed by atoms with Gasteiger partial charge >= 0.3 is 0 Å². The Morgan fingerprint density at radius 1 is 1.38 bits per heavy atom. The molecule has 13 heavy (non-hydrogen) atoms. The summed E-state index contributed by atoms with van der Waals surface area (Å²) < 4.78 is 0. The highest BCUT2D eigenvalue weighted by molar-refractivity contribution is 5.87. The lowest BCUT2D eigenvalue weighted by atomic mass is 10.1. The molecule has 1 rings (SSSR count). The minimum Gasteiger partial charge on any atom is -0.411 e. The minimum atomic E-state index is -0.545. The first-order valence-electron chi connectivity index (χ1n) is 4.81. The second kappa shape index (κ2) is 5.19. The molecule has 0 amide bonds. The zero-order valence-corrected chi connectivity index (χ0v) is 8.11. The number of aliphatic hydroxyl groups is 1. The molecule has 0 aromatic heterocycles. The molecule has 0 aliphatic carbocycles. The molecule has 76 valence electrons. The van der Waals surface area contributed by atoms with E-state index in [2.05, 4.69) is 17.1 Å². The van der Waals surface area contributed by atoms with Crippen LogP contribution in [0.1, 0.15) is 25.7 Å². The van der Waals surface area contributed by atoms with Gasteiger partial charge in [-0.2, -0.15) is 0 Å². The van der Waals surface area contributed by atoms with Crippen LogP contribution in [-0.2, 0) is 0 Å². The first kappa shape index (κ1) is 10.5. The van der Waals surface area contributed by atoms with Gasteiger partial charge in [0, 0.05) is 0 Å². The van der Waals surface area contributed by atoms with Crippen LogP contribution in [0.4, 0.5) is 0 Å². The van der Waals surface area contributed by atoms with Crippen LogP contribution >= 0.6 is 0 Å². The summed E-state index contributed by atoms with van der Waals surface area (Å²) in [6, 6.07) is 0. The number of hydrogen-bond acceptors (Lipinski definition) is 4. The van der Waals surface area contributed by atoms with Crippen LogP contribution in [-0.4, -0.2) is 47.2 Å². The Balaban J connectivity index is 2.51. The lowest BCUT2D eigenvalue weighted by molar-refractivity contribution is 0.211. The van der Waals surface area contributed by atoms with Gasteiger partial charge in [0.1, 0.15) is 0 Å². The standard InChI is InChI=1S/C9H18N2O2/c1-11-6-2-4-8(10-13)9(12)5-3-7-11/h9,12-13H,2-7H2,1H3/b10-8+. The summed E-state index contributed by atoms with van der Waals surface area (Å²) in [5, 5.41) is 21.4. The van der Waals surface area contributed by atoms with Gasteiger partial charge < -0.3 is 15.2 Å². The van der Waals surface area contributed by atoms with Crippen molar-refractivity contribution in [1.82, 2.24) is 4.90 Å². The van der Waals surface area contributed by atoms with Crippen LogP contribution in [0.15, 0.2) is 5.16 Å². The normalized spacial score (nSPS) is 30.9. The van der Waals surface area contributed by atoms with E-state index in [0.717, 1.165) is 25.9 Å². The van der Waals surface area contributed by atoms with Crippen LogP contribution in [0, 0.1) is 0 Å². The molecular formula is C9H18N2O2.